The molecule has 0 bridgehead atoms. The van der Waals surface area contributed by atoms with E-state index in [4.69, 9.17) is 9.47 Å². The van der Waals surface area contributed by atoms with E-state index in [1.807, 2.05) is 6.92 Å². The van der Waals surface area contributed by atoms with Crippen LogP contribution in [-0.2, 0) is 15.9 Å². The van der Waals surface area contributed by atoms with E-state index in [1.54, 1.807) is 0 Å². The minimum absolute atomic E-state index is 0.152. The lowest BCUT2D eigenvalue weighted by molar-refractivity contribution is 0.0161. The number of alkyl carbamates (subject to hydrolysis) is 1. The fourth-order valence-corrected chi connectivity index (χ4v) is 2.68. The maximum Gasteiger partial charge on any atom is 0.407 e. The van der Waals surface area contributed by atoms with Gasteiger partial charge in [-0.15, -0.1) is 0 Å². The Morgan fingerprint density at radius 3 is 2.55 bits per heavy atom. The van der Waals surface area contributed by atoms with Crippen molar-refractivity contribution in [3.63, 3.8) is 0 Å². The van der Waals surface area contributed by atoms with Crippen LogP contribution in [0.15, 0.2) is 24.3 Å². The van der Waals surface area contributed by atoms with Gasteiger partial charge >= 0.3 is 6.09 Å². The molecule has 1 aliphatic rings. The maximum atomic E-state index is 11.6. The number of ether oxygens (including phenoxy) is 2. The number of carbonyl (C=O) groups is 1. The van der Waals surface area contributed by atoms with Gasteiger partial charge in [0.25, 0.3) is 0 Å². The van der Waals surface area contributed by atoms with Crippen LogP contribution in [0.3, 0.4) is 0 Å². The highest BCUT2D eigenvalue weighted by molar-refractivity contribution is 5.67. The van der Waals surface area contributed by atoms with Crippen LogP contribution in [-0.4, -0.2) is 50.4 Å². The smallest absolute Gasteiger partial charge is 0.407 e. The summed E-state index contributed by atoms with van der Waals surface area (Å²) >= 11 is 0. The van der Waals surface area contributed by atoms with Crippen molar-refractivity contribution in [3.05, 3.63) is 35.4 Å². The highest BCUT2D eigenvalue weighted by Crippen LogP contribution is 2.22. The van der Waals surface area contributed by atoms with E-state index in [9.17, 15) is 4.79 Å². The standard InChI is InChI=1S/C17H26N2O3/c1-3-14-5-7-15(8-6-14)16(13-18-17(20)22-4-2)19-9-11-21-12-10-19/h5-8,16H,3-4,9-13H2,1-2H3,(H,18,20). The van der Waals surface area contributed by atoms with Crippen molar-refractivity contribution in [1.82, 2.24) is 10.2 Å². The molecule has 1 saturated heterocycles. The zero-order chi connectivity index (χ0) is 15.8. The molecule has 1 amide bonds. The Morgan fingerprint density at radius 2 is 1.95 bits per heavy atom. The predicted octanol–water partition coefficient (Wildman–Crippen LogP) is 2.37. The third-order valence-corrected chi connectivity index (χ3v) is 3.97. The summed E-state index contributed by atoms with van der Waals surface area (Å²) < 4.78 is 10.4. The molecule has 1 heterocycles. The summed E-state index contributed by atoms with van der Waals surface area (Å²) in [5.74, 6) is 0. The summed E-state index contributed by atoms with van der Waals surface area (Å²) in [6.07, 6.45) is 0.676. The highest BCUT2D eigenvalue weighted by Gasteiger charge is 2.23. The molecule has 1 aliphatic heterocycles. The number of hydrogen-bond donors (Lipinski definition) is 1. The Bertz CT molecular complexity index is 455. The number of nitrogens with one attached hydrogen (secondary N) is 1. The molecule has 1 aromatic rings. The number of aryl methyl sites for hydroxylation is 1. The third kappa shape index (κ3) is 4.71. The Labute approximate surface area is 132 Å². The molecule has 122 valence electrons. The molecule has 1 N–H and O–H groups in total. The van der Waals surface area contributed by atoms with E-state index in [-0.39, 0.29) is 12.1 Å². The van der Waals surface area contributed by atoms with Crippen molar-refractivity contribution in [2.24, 2.45) is 0 Å². The fraction of sp³-hybridized carbons (Fsp3) is 0.588. The van der Waals surface area contributed by atoms with Gasteiger partial charge in [-0.2, -0.15) is 0 Å². The van der Waals surface area contributed by atoms with Gasteiger partial charge in [-0.05, 0) is 24.5 Å². The predicted molar refractivity (Wildman–Crippen MR) is 86.0 cm³/mol. The van der Waals surface area contributed by atoms with Crippen LogP contribution >= 0.6 is 0 Å². The Balaban J connectivity index is 2.07. The second-order valence-electron chi connectivity index (χ2n) is 5.36. The van der Waals surface area contributed by atoms with E-state index >= 15 is 0 Å². The van der Waals surface area contributed by atoms with Crippen molar-refractivity contribution in [2.45, 2.75) is 26.3 Å². The van der Waals surface area contributed by atoms with Crippen LogP contribution < -0.4 is 5.32 Å². The highest BCUT2D eigenvalue weighted by atomic mass is 16.5. The zero-order valence-electron chi connectivity index (χ0n) is 13.5. The first kappa shape index (κ1) is 16.8. The molecule has 1 unspecified atom stereocenters. The van der Waals surface area contributed by atoms with Gasteiger partial charge in [-0.3, -0.25) is 4.90 Å². The average molecular weight is 306 g/mol. The van der Waals surface area contributed by atoms with Gasteiger partial charge in [0, 0.05) is 19.6 Å². The molecule has 1 atom stereocenters. The van der Waals surface area contributed by atoms with Crippen LogP contribution in [0.4, 0.5) is 4.79 Å². The molecule has 0 aromatic heterocycles. The Kier molecular flexibility index (Phi) is 6.68. The maximum absolute atomic E-state index is 11.6. The van der Waals surface area contributed by atoms with Crippen molar-refractivity contribution in [1.29, 1.82) is 0 Å². The van der Waals surface area contributed by atoms with Crippen LogP contribution in [0, 0.1) is 0 Å². The Morgan fingerprint density at radius 1 is 1.27 bits per heavy atom. The molecule has 2 rings (SSSR count). The molecule has 0 aliphatic carbocycles. The second-order valence-corrected chi connectivity index (χ2v) is 5.36. The third-order valence-electron chi connectivity index (χ3n) is 3.97. The SMILES string of the molecule is CCOC(=O)NCC(c1ccc(CC)cc1)N1CCOCC1. The van der Waals surface area contributed by atoms with Crippen LogP contribution in [0.5, 0.6) is 0 Å². The lowest BCUT2D eigenvalue weighted by Gasteiger charge is -2.34. The molecule has 0 radical (unpaired) electrons. The van der Waals surface area contributed by atoms with Crippen LogP contribution in [0.1, 0.15) is 31.0 Å². The molecule has 0 spiro atoms. The molecular weight excluding hydrogens is 280 g/mol. The van der Waals surface area contributed by atoms with Crippen molar-refractivity contribution in [2.75, 3.05) is 39.5 Å². The first-order valence-electron chi connectivity index (χ1n) is 8.05. The molecule has 0 saturated carbocycles. The summed E-state index contributed by atoms with van der Waals surface area (Å²) in [5, 5.41) is 2.86. The quantitative estimate of drug-likeness (QED) is 0.876. The molecule has 5 heteroatoms. The first-order valence-corrected chi connectivity index (χ1v) is 8.05. The minimum Gasteiger partial charge on any atom is -0.450 e. The minimum atomic E-state index is -0.356. The van der Waals surface area contributed by atoms with Gasteiger partial charge in [0.15, 0.2) is 0 Å². The van der Waals surface area contributed by atoms with Gasteiger partial charge in [0.2, 0.25) is 0 Å². The van der Waals surface area contributed by atoms with Crippen molar-refractivity contribution < 1.29 is 14.3 Å². The first-order chi connectivity index (χ1) is 10.7. The Hall–Kier alpha value is -1.59. The van der Waals surface area contributed by atoms with Crippen molar-refractivity contribution in [3.8, 4) is 0 Å². The summed E-state index contributed by atoms with van der Waals surface area (Å²) in [5.41, 5.74) is 2.54. The van der Waals surface area contributed by atoms with Gasteiger partial charge in [-0.1, -0.05) is 31.2 Å². The average Bonchev–Trinajstić information content (AvgIpc) is 2.57. The van der Waals surface area contributed by atoms with Gasteiger partial charge in [0.05, 0.1) is 25.9 Å². The number of benzene rings is 1. The molecule has 22 heavy (non-hydrogen) atoms. The summed E-state index contributed by atoms with van der Waals surface area (Å²) in [4.78, 5) is 13.9. The number of nitrogens with zero attached hydrogens (tertiary/aromatic N) is 1. The normalized spacial score (nSPS) is 17.0. The van der Waals surface area contributed by atoms with E-state index in [2.05, 4.69) is 41.4 Å². The second kappa shape index (κ2) is 8.76. The molecule has 1 aromatic carbocycles. The van der Waals surface area contributed by atoms with Crippen LogP contribution in [0.2, 0.25) is 0 Å². The summed E-state index contributed by atoms with van der Waals surface area (Å²) in [6.45, 7) is 8.13. The fourth-order valence-electron chi connectivity index (χ4n) is 2.68. The monoisotopic (exact) mass is 306 g/mol. The molecule has 5 nitrogen and oxygen atoms in total. The lowest BCUT2D eigenvalue weighted by atomic mass is 10.0. The largest absolute Gasteiger partial charge is 0.450 e. The van der Waals surface area contributed by atoms with Gasteiger partial charge < -0.3 is 14.8 Å². The number of rotatable bonds is 6. The van der Waals surface area contributed by atoms with Gasteiger partial charge in [0.1, 0.15) is 0 Å². The number of carbonyl (C=O) groups excluding carboxylic acids is 1. The van der Waals surface area contributed by atoms with Gasteiger partial charge in [-0.25, -0.2) is 4.79 Å². The van der Waals surface area contributed by atoms with E-state index in [0.717, 1.165) is 32.7 Å². The van der Waals surface area contributed by atoms with E-state index < -0.39 is 0 Å². The zero-order valence-corrected chi connectivity index (χ0v) is 13.5. The van der Waals surface area contributed by atoms with E-state index in [0.29, 0.717) is 13.2 Å². The number of morpholine rings is 1. The number of amides is 1. The number of hydrogen-bond acceptors (Lipinski definition) is 4. The van der Waals surface area contributed by atoms with Crippen LogP contribution in [0.25, 0.3) is 0 Å². The lowest BCUT2D eigenvalue weighted by Crippen LogP contribution is -2.43. The molecule has 1 fully saturated rings. The van der Waals surface area contributed by atoms with E-state index in [1.165, 1.54) is 11.1 Å². The summed E-state index contributed by atoms with van der Waals surface area (Å²) in [6, 6.07) is 8.79. The summed E-state index contributed by atoms with van der Waals surface area (Å²) in [7, 11) is 0. The topological polar surface area (TPSA) is 50.8 Å². The molecular formula is C17H26N2O3. The van der Waals surface area contributed by atoms with Crippen molar-refractivity contribution >= 4 is 6.09 Å².